The van der Waals surface area contributed by atoms with Gasteiger partial charge in [0.2, 0.25) is 21.8 Å². The lowest BCUT2D eigenvalue weighted by atomic mass is 9.75. The number of nitrogens with zero attached hydrogens (tertiary/aromatic N) is 10. The molecule has 5 unspecified atom stereocenters. The summed E-state index contributed by atoms with van der Waals surface area (Å²) >= 11 is 30.4. The molecule has 5 aromatic carbocycles. The molecule has 10 aromatic rings. The Labute approximate surface area is 756 Å². The first kappa shape index (κ1) is 92.1. The summed E-state index contributed by atoms with van der Waals surface area (Å²) in [5.74, 6) is -0.811. The van der Waals surface area contributed by atoms with Crippen molar-refractivity contribution in [1.29, 1.82) is 0 Å². The number of hydrogen-bond acceptors (Lipinski definition) is 17. The van der Waals surface area contributed by atoms with Gasteiger partial charge in [-0.3, -0.25) is 35.1 Å². The number of piperidine rings is 5. The van der Waals surface area contributed by atoms with Gasteiger partial charge in [0.1, 0.15) is 23.3 Å². The van der Waals surface area contributed by atoms with Crippen molar-refractivity contribution >= 4 is 146 Å². The third-order valence-corrected chi connectivity index (χ3v) is 32.9. The van der Waals surface area contributed by atoms with Crippen LogP contribution in [0.5, 0.6) is 0 Å². The Morgan fingerprint density at radius 1 is 0.409 bits per heavy atom. The number of amides is 5. The number of carbonyl (C=O) groups is 4. The number of aromatic nitrogens is 10. The molecule has 11 N–H and O–H groups in total. The monoisotopic (exact) mass is 1870 g/mol. The van der Waals surface area contributed by atoms with Crippen LogP contribution in [0, 0.1) is 79.9 Å². The number of aliphatic hydroxyl groups is 5. The van der Waals surface area contributed by atoms with Crippen molar-refractivity contribution in [2.45, 2.75) is 173 Å². The van der Waals surface area contributed by atoms with Crippen molar-refractivity contribution < 1.29 is 75.4 Å². The van der Waals surface area contributed by atoms with E-state index in [1.165, 1.54) is 37.6 Å². The van der Waals surface area contributed by atoms with E-state index in [1.807, 2.05) is 21.9 Å². The van der Waals surface area contributed by atoms with Gasteiger partial charge in [-0.05, 0) is 194 Å². The minimum atomic E-state index is -3.13. The molecule has 0 bridgehead atoms. The van der Waals surface area contributed by atoms with Crippen LogP contribution in [-0.2, 0) is 24.3 Å². The van der Waals surface area contributed by atoms with Gasteiger partial charge in [0.15, 0.2) is 0 Å². The molecule has 5 amide bonds. The zero-order chi connectivity index (χ0) is 90.3. The maximum atomic E-state index is 14.8. The van der Waals surface area contributed by atoms with Crippen LogP contribution in [0.15, 0.2) is 67.4 Å². The smallest absolute Gasteiger partial charge is 0.409 e. The fraction of sp³-hybridized carbons (Fsp3) is 0.562. The molecule has 127 heavy (non-hydrogen) atoms. The minimum absolute atomic E-state index is 0.00168. The molecule has 5 aliphatic carbocycles. The molecule has 10 aliphatic rings. The van der Waals surface area contributed by atoms with E-state index in [9.17, 15) is 70.7 Å². The molecule has 5 aromatic heterocycles. The summed E-state index contributed by atoms with van der Waals surface area (Å²) in [5, 5.41) is 96.8. The molecule has 5 aliphatic heterocycles. The second-order valence-corrected chi connectivity index (χ2v) is 40.8. The molecular formula is C89H107Cl5F4N16O12S. The molecule has 684 valence electrons. The standard InChI is InChI=1S/C18H22ClFN4O2.C18H21ClFN3O3.2C18H21ClFN3O2.C17H22ClN3O3S/c1-21-17(26)24-6-2-11(3-7-24)18(4-5-18)16(25)13-14(20)12(19)8-10-9-22-23-15(10)13;1-26-17(25)23-6-2-11(3-7-23)18(4-5-18)16(24)13-14(20)12(19)8-10-9-21-22-15(10)13;2*1-10(24)23-6-2-12(3-7-23)18(4-5-18)17(25)14-15(20)13(19)8-11-9-21-22-16(11)14;1-25(23,24)21-6-2-12(3-7-21)17(4-5-17)16(22)14-9-13(18)8-11-10-19-20-15(11)14/h8-9,11,16,25H,2-7H2,1H3,(H,21,26)(H,22,23);8-9,11,16,24H,2-7H2,1H3,(H,21,22);2*8-9,12,17,25H,2-7H2,1H3,(H,21,22);8-10,12,16,22H,2-7H2,1H3,(H,19,20). The number of methoxy groups -OCH3 is 1. The molecule has 0 spiro atoms. The van der Waals surface area contributed by atoms with Gasteiger partial charge in [0, 0.05) is 173 Å². The van der Waals surface area contributed by atoms with Gasteiger partial charge in [-0.2, -0.15) is 25.5 Å². The lowest BCUT2D eigenvalue weighted by Crippen LogP contribution is -2.45. The number of halogens is 9. The number of fused-ring (bicyclic) bond motifs is 5. The fourth-order valence-corrected chi connectivity index (χ4v) is 24.1. The summed E-state index contributed by atoms with van der Waals surface area (Å²) in [4.78, 5) is 53.6. The molecule has 0 radical (unpaired) electrons. The van der Waals surface area contributed by atoms with E-state index in [0.717, 1.165) is 145 Å². The summed E-state index contributed by atoms with van der Waals surface area (Å²) in [6.45, 7) is 9.51. The van der Waals surface area contributed by atoms with Gasteiger partial charge >= 0.3 is 12.1 Å². The Bertz CT molecular complexity index is 5600. The summed E-state index contributed by atoms with van der Waals surface area (Å²) in [7, 11) is -0.137. The van der Waals surface area contributed by atoms with Crippen LogP contribution in [0.25, 0.3) is 54.5 Å². The van der Waals surface area contributed by atoms with E-state index < -0.39 is 63.8 Å². The van der Waals surface area contributed by atoms with Crippen molar-refractivity contribution in [2.24, 2.45) is 56.7 Å². The number of carbonyl (C=O) groups excluding carboxylic acids is 4. The molecule has 28 nitrogen and oxygen atoms in total. The van der Waals surface area contributed by atoms with Crippen LogP contribution in [0.2, 0.25) is 25.1 Å². The van der Waals surface area contributed by atoms with Gasteiger partial charge in [0.25, 0.3) is 0 Å². The predicted octanol–water partition coefficient (Wildman–Crippen LogP) is 16.4. The summed E-state index contributed by atoms with van der Waals surface area (Å²) in [5.41, 5.74) is 3.00. The highest BCUT2D eigenvalue weighted by Crippen LogP contribution is 2.68. The topological polar surface area (TPSA) is 384 Å². The van der Waals surface area contributed by atoms with Crippen molar-refractivity contribution in [2.75, 3.05) is 85.9 Å². The van der Waals surface area contributed by atoms with Gasteiger partial charge in [-0.15, -0.1) is 0 Å². The second-order valence-electron chi connectivity index (χ2n) is 36.7. The number of rotatable bonds is 16. The lowest BCUT2D eigenvalue weighted by molar-refractivity contribution is -0.131. The number of urea groups is 1. The number of nitrogens with one attached hydrogen (secondary N) is 6. The second kappa shape index (κ2) is 36.5. The van der Waals surface area contributed by atoms with Gasteiger partial charge in [0.05, 0.1) is 123 Å². The molecule has 10 fully saturated rings. The van der Waals surface area contributed by atoms with Crippen molar-refractivity contribution in [3.05, 3.63) is 144 Å². The summed E-state index contributed by atoms with van der Waals surface area (Å²) in [6.07, 6.45) is 21.4. The number of hydrogen-bond donors (Lipinski definition) is 11. The minimum Gasteiger partial charge on any atom is -0.453 e. The van der Waals surface area contributed by atoms with E-state index >= 15 is 0 Å². The number of aromatic amines is 5. The summed E-state index contributed by atoms with van der Waals surface area (Å²) in [6, 6.07) is 9.66. The van der Waals surface area contributed by atoms with Crippen LogP contribution in [0.4, 0.5) is 27.2 Å². The average Bonchev–Trinajstić information content (AvgIpc) is 1.59. The van der Waals surface area contributed by atoms with Gasteiger partial charge in [-0.1, -0.05) is 58.0 Å². The molecular weight excluding hydrogens is 1770 g/mol. The van der Waals surface area contributed by atoms with Crippen LogP contribution in [-0.4, -0.2) is 219 Å². The zero-order valence-electron chi connectivity index (χ0n) is 71.2. The number of ether oxygens (including phenoxy) is 1. The van der Waals surface area contributed by atoms with E-state index in [1.54, 1.807) is 66.0 Å². The maximum absolute atomic E-state index is 14.8. The quantitative estimate of drug-likeness (QED) is 0.0400. The highest BCUT2D eigenvalue weighted by Gasteiger charge is 2.61. The molecule has 5 atom stereocenters. The molecule has 20 rings (SSSR count). The zero-order valence-corrected chi connectivity index (χ0v) is 75.8. The molecule has 5 saturated carbocycles. The van der Waals surface area contributed by atoms with Crippen LogP contribution >= 0.6 is 58.0 Å². The van der Waals surface area contributed by atoms with Crippen LogP contribution in [0.1, 0.15) is 201 Å². The van der Waals surface area contributed by atoms with E-state index in [4.69, 9.17) is 62.7 Å². The van der Waals surface area contributed by atoms with Crippen LogP contribution in [0.3, 0.4) is 0 Å². The van der Waals surface area contributed by atoms with Crippen molar-refractivity contribution in [1.82, 2.24) is 80.2 Å². The third-order valence-electron chi connectivity index (χ3n) is 30.3. The number of benzene rings is 5. The highest BCUT2D eigenvalue weighted by atomic mass is 35.5. The third kappa shape index (κ3) is 17.7. The SMILES string of the molecule is CC(=O)N1CCC(C2(C(O)c3c(F)c(Cl)cc4cn[nH]c34)CC2)CC1.CC(=O)N1CCC(C2(C(O)c3c(F)c(Cl)cc4cn[nH]c34)CC2)CC1.CNC(=O)N1CCC(C2(C(O)c3c(F)c(Cl)cc4cn[nH]c34)CC2)CC1.COC(=O)N1CCC(C2(C(O)c3c(F)c(Cl)cc4cn[nH]c34)CC2)CC1.CS(=O)(=O)N1CCC(C2(C(O)c3cc(Cl)cc4cn[nH]c34)CC2)CC1. The number of aliphatic hydroxyl groups excluding tert-OH is 5. The first-order chi connectivity index (χ1) is 60.6. The molecule has 5 saturated heterocycles. The Kier molecular flexibility index (Phi) is 26.5. The number of likely N-dealkylation sites (tertiary alicyclic amines) is 4. The van der Waals surface area contributed by atoms with Crippen LogP contribution < -0.4 is 5.32 Å². The Balaban J connectivity index is 0.000000117. The summed E-state index contributed by atoms with van der Waals surface area (Å²) < 4.78 is 88.9. The normalized spacial score (nSPS) is 21.6. The Morgan fingerprint density at radius 2 is 0.661 bits per heavy atom. The van der Waals surface area contributed by atoms with Gasteiger partial charge in [-0.25, -0.2) is 39.9 Å². The Hall–Kier alpha value is -8.19. The number of H-pyrrole nitrogens is 5. The van der Waals surface area contributed by atoms with Crippen molar-refractivity contribution in [3.63, 3.8) is 0 Å². The average molecular weight is 1880 g/mol. The van der Waals surface area contributed by atoms with E-state index in [0.29, 0.717) is 120 Å². The first-order valence-electron chi connectivity index (χ1n) is 43.7. The number of sulfonamides is 1. The molecule has 38 heteroatoms. The van der Waals surface area contributed by atoms with Crippen molar-refractivity contribution in [3.8, 4) is 0 Å². The fourth-order valence-electron chi connectivity index (χ4n) is 22.1. The lowest BCUT2D eigenvalue weighted by Gasteiger charge is -2.38. The van der Waals surface area contributed by atoms with Gasteiger partial charge < -0.3 is 55.2 Å². The Morgan fingerprint density at radius 3 is 0.921 bits per heavy atom. The molecule has 10 heterocycles. The first-order valence-corrected chi connectivity index (χ1v) is 47.4. The largest absolute Gasteiger partial charge is 0.453 e. The predicted molar refractivity (Wildman–Crippen MR) is 473 cm³/mol. The van der Waals surface area contributed by atoms with E-state index in [2.05, 4.69) is 56.3 Å². The maximum Gasteiger partial charge on any atom is 0.409 e. The highest BCUT2D eigenvalue weighted by molar-refractivity contribution is 7.88. The van der Waals surface area contributed by atoms with E-state index in [-0.39, 0.29) is 117 Å².